The Hall–Kier alpha value is -2.51. The summed E-state index contributed by atoms with van der Waals surface area (Å²) in [6.07, 6.45) is 1.51. The number of halogens is 1. The van der Waals surface area contributed by atoms with Crippen LogP contribution in [0.3, 0.4) is 0 Å². The van der Waals surface area contributed by atoms with Gasteiger partial charge in [0.1, 0.15) is 11.6 Å². The van der Waals surface area contributed by atoms with Crippen LogP contribution in [0.25, 0.3) is 17.3 Å². The third-order valence-electron chi connectivity index (χ3n) is 3.22. The molecular formula is C17H15ClN2O2. The highest BCUT2D eigenvalue weighted by atomic mass is 35.5. The average molecular weight is 315 g/mol. The molecule has 4 nitrogen and oxygen atoms in total. The summed E-state index contributed by atoms with van der Waals surface area (Å²) >= 11 is 6.21. The Labute approximate surface area is 134 Å². The van der Waals surface area contributed by atoms with Crippen LogP contribution >= 0.6 is 11.6 Å². The van der Waals surface area contributed by atoms with Gasteiger partial charge in [0.2, 0.25) is 0 Å². The predicted octanol–water partition coefficient (Wildman–Crippen LogP) is 3.82. The van der Waals surface area contributed by atoms with Crippen LogP contribution in [0.4, 0.5) is 0 Å². The van der Waals surface area contributed by atoms with Crippen molar-refractivity contribution in [3.8, 4) is 17.3 Å². The minimum atomic E-state index is -0.620. The normalized spacial score (nSPS) is 11.1. The van der Waals surface area contributed by atoms with Gasteiger partial charge in [-0.05, 0) is 31.2 Å². The van der Waals surface area contributed by atoms with Gasteiger partial charge in [-0.15, -0.1) is 0 Å². The molecule has 0 aliphatic heterocycles. The highest BCUT2D eigenvalue weighted by Gasteiger charge is 2.13. The van der Waals surface area contributed by atoms with Crippen molar-refractivity contribution >= 4 is 23.6 Å². The lowest BCUT2D eigenvalue weighted by Crippen LogP contribution is -2.06. The Balaban J connectivity index is 2.42. The van der Waals surface area contributed by atoms with Crippen LogP contribution in [0.15, 0.2) is 42.0 Å². The smallest absolute Gasteiger partial charge is 0.348 e. The number of esters is 1. The first-order valence-electron chi connectivity index (χ1n) is 6.78. The minimum absolute atomic E-state index is 0.0336. The largest absolute Gasteiger partial charge is 0.462 e. The first kappa shape index (κ1) is 15.9. The Kier molecular flexibility index (Phi) is 5.03. The van der Waals surface area contributed by atoms with Gasteiger partial charge < -0.3 is 9.30 Å². The number of carbonyl (C=O) groups is 1. The second kappa shape index (κ2) is 6.97. The van der Waals surface area contributed by atoms with Gasteiger partial charge in [-0.1, -0.05) is 29.8 Å². The molecule has 0 aliphatic carbocycles. The Bertz CT molecular complexity index is 769. The molecule has 0 saturated heterocycles. The van der Waals surface area contributed by atoms with Gasteiger partial charge in [-0.2, -0.15) is 5.26 Å². The molecule has 112 valence electrons. The molecule has 0 saturated carbocycles. The van der Waals surface area contributed by atoms with E-state index in [1.165, 1.54) is 6.08 Å². The Morgan fingerprint density at radius 2 is 2.09 bits per heavy atom. The number of nitriles is 1. The molecule has 0 amide bonds. The van der Waals surface area contributed by atoms with Crippen molar-refractivity contribution in [2.45, 2.75) is 6.92 Å². The Morgan fingerprint density at radius 3 is 2.73 bits per heavy atom. The molecule has 0 N–H and O–H groups in total. The number of benzene rings is 1. The number of hydrogen-bond acceptors (Lipinski definition) is 3. The van der Waals surface area contributed by atoms with E-state index in [1.54, 1.807) is 6.92 Å². The van der Waals surface area contributed by atoms with Crippen molar-refractivity contribution in [3.63, 3.8) is 0 Å². The summed E-state index contributed by atoms with van der Waals surface area (Å²) in [5.41, 5.74) is 2.48. The van der Waals surface area contributed by atoms with E-state index in [0.717, 1.165) is 17.0 Å². The summed E-state index contributed by atoms with van der Waals surface area (Å²) in [7, 11) is 1.85. The van der Waals surface area contributed by atoms with Crippen molar-refractivity contribution in [1.82, 2.24) is 4.57 Å². The highest BCUT2D eigenvalue weighted by molar-refractivity contribution is 6.33. The molecule has 2 rings (SSSR count). The molecule has 1 aromatic heterocycles. The highest BCUT2D eigenvalue weighted by Crippen LogP contribution is 2.29. The van der Waals surface area contributed by atoms with Crippen LogP contribution in [0.5, 0.6) is 0 Å². The van der Waals surface area contributed by atoms with Gasteiger partial charge in [0.15, 0.2) is 0 Å². The molecule has 0 bridgehead atoms. The second-order valence-electron chi connectivity index (χ2n) is 4.57. The maximum absolute atomic E-state index is 11.7. The standard InChI is InChI=1S/C17H15ClN2O2/c1-3-22-17(21)12(11-19)10-13-8-9-16(20(13)2)14-6-4-5-7-15(14)18/h4-10H,3H2,1-2H3. The lowest BCUT2D eigenvalue weighted by molar-refractivity contribution is -0.137. The third kappa shape index (κ3) is 3.21. The van der Waals surface area contributed by atoms with E-state index in [2.05, 4.69) is 0 Å². The van der Waals surface area contributed by atoms with E-state index in [1.807, 2.05) is 54.1 Å². The lowest BCUT2D eigenvalue weighted by Gasteiger charge is -2.07. The van der Waals surface area contributed by atoms with Crippen LogP contribution in [0.2, 0.25) is 5.02 Å². The fourth-order valence-corrected chi connectivity index (χ4v) is 2.34. The summed E-state index contributed by atoms with van der Waals surface area (Å²) in [5.74, 6) is -0.620. The Morgan fingerprint density at radius 1 is 1.36 bits per heavy atom. The monoisotopic (exact) mass is 314 g/mol. The van der Waals surface area contributed by atoms with E-state index in [4.69, 9.17) is 21.6 Å². The van der Waals surface area contributed by atoms with E-state index >= 15 is 0 Å². The van der Waals surface area contributed by atoms with E-state index < -0.39 is 5.97 Å². The first-order chi connectivity index (χ1) is 10.6. The van der Waals surface area contributed by atoms with E-state index in [-0.39, 0.29) is 12.2 Å². The van der Waals surface area contributed by atoms with Gasteiger partial charge in [-0.25, -0.2) is 4.79 Å². The maximum Gasteiger partial charge on any atom is 0.348 e. The number of aromatic nitrogens is 1. The lowest BCUT2D eigenvalue weighted by atomic mass is 10.1. The first-order valence-corrected chi connectivity index (χ1v) is 7.15. The summed E-state index contributed by atoms with van der Waals surface area (Å²) in [4.78, 5) is 11.7. The molecule has 0 fully saturated rings. The van der Waals surface area contributed by atoms with Gasteiger partial charge in [-0.3, -0.25) is 0 Å². The molecular weight excluding hydrogens is 300 g/mol. The fraction of sp³-hybridized carbons (Fsp3) is 0.176. The van der Waals surface area contributed by atoms with Crippen LogP contribution in [0.1, 0.15) is 12.6 Å². The summed E-state index contributed by atoms with van der Waals surface area (Å²) in [6, 6.07) is 13.1. The molecule has 0 unspecified atom stereocenters. The van der Waals surface area contributed by atoms with E-state index in [0.29, 0.717) is 5.02 Å². The van der Waals surface area contributed by atoms with E-state index in [9.17, 15) is 4.79 Å². The minimum Gasteiger partial charge on any atom is -0.462 e. The molecule has 22 heavy (non-hydrogen) atoms. The predicted molar refractivity (Wildman–Crippen MR) is 86.1 cm³/mol. The SMILES string of the molecule is CCOC(=O)C(C#N)=Cc1ccc(-c2ccccc2Cl)n1C. The molecule has 5 heteroatoms. The fourth-order valence-electron chi connectivity index (χ4n) is 2.10. The zero-order chi connectivity index (χ0) is 16.1. The summed E-state index contributed by atoms with van der Waals surface area (Å²) < 4.78 is 6.73. The maximum atomic E-state index is 11.7. The molecule has 0 aliphatic rings. The van der Waals surface area contributed by atoms with Crippen LogP contribution < -0.4 is 0 Å². The second-order valence-corrected chi connectivity index (χ2v) is 4.98. The number of nitrogens with zero attached hydrogens (tertiary/aromatic N) is 2. The average Bonchev–Trinajstić information content (AvgIpc) is 2.86. The van der Waals surface area contributed by atoms with Crippen LogP contribution in [-0.2, 0) is 16.6 Å². The molecule has 0 radical (unpaired) electrons. The topological polar surface area (TPSA) is 55.0 Å². The van der Waals surface area contributed by atoms with Crippen LogP contribution in [0, 0.1) is 11.3 Å². The number of hydrogen-bond donors (Lipinski definition) is 0. The molecule has 0 spiro atoms. The molecule has 0 atom stereocenters. The molecule has 2 aromatic rings. The number of rotatable bonds is 4. The summed E-state index contributed by atoms with van der Waals surface area (Å²) in [6.45, 7) is 1.93. The van der Waals surface area contributed by atoms with Crippen molar-refractivity contribution in [2.75, 3.05) is 6.61 Å². The van der Waals surface area contributed by atoms with Crippen molar-refractivity contribution in [2.24, 2.45) is 7.05 Å². The zero-order valence-corrected chi connectivity index (χ0v) is 13.1. The third-order valence-corrected chi connectivity index (χ3v) is 3.55. The van der Waals surface area contributed by atoms with Gasteiger partial charge in [0.05, 0.1) is 6.61 Å². The molecule has 1 heterocycles. The van der Waals surface area contributed by atoms with Crippen molar-refractivity contribution in [3.05, 3.63) is 52.7 Å². The van der Waals surface area contributed by atoms with Crippen molar-refractivity contribution < 1.29 is 9.53 Å². The molecule has 1 aromatic carbocycles. The van der Waals surface area contributed by atoms with Gasteiger partial charge in [0, 0.05) is 29.0 Å². The zero-order valence-electron chi connectivity index (χ0n) is 12.3. The number of carbonyl (C=O) groups excluding carboxylic acids is 1. The van der Waals surface area contributed by atoms with Gasteiger partial charge in [0.25, 0.3) is 0 Å². The number of ether oxygens (including phenoxy) is 1. The van der Waals surface area contributed by atoms with Crippen LogP contribution in [-0.4, -0.2) is 17.1 Å². The summed E-state index contributed by atoms with van der Waals surface area (Å²) in [5, 5.41) is 9.74. The quantitative estimate of drug-likeness (QED) is 0.490. The van der Waals surface area contributed by atoms with Gasteiger partial charge >= 0.3 is 5.97 Å². The van der Waals surface area contributed by atoms with Crippen molar-refractivity contribution in [1.29, 1.82) is 5.26 Å².